The minimum Gasteiger partial charge on any atom is -0.375 e. The summed E-state index contributed by atoms with van der Waals surface area (Å²) in [7, 11) is 0. The molecular formula is C17H21BrClN3O. The number of hydrazine groups is 1. The molecule has 0 bridgehead atoms. The number of nitrogens with one attached hydrogen (secondary N) is 3. The molecule has 3 N–H and O–H groups in total. The predicted molar refractivity (Wildman–Crippen MR) is 99.2 cm³/mol. The van der Waals surface area contributed by atoms with Crippen LogP contribution in [-0.2, 0) is 4.79 Å². The van der Waals surface area contributed by atoms with E-state index in [1.165, 1.54) is 5.57 Å². The fraction of sp³-hybridized carbons (Fsp3) is 0.353. The van der Waals surface area contributed by atoms with Gasteiger partial charge in [0.2, 0.25) is 0 Å². The lowest BCUT2D eigenvalue weighted by Crippen LogP contribution is -2.41. The Balaban J connectivity index is 1.73. The van der Waals surface area contributed by atoms with Crippen LogP contribution in [0.4, 0.5) is 5.69 Å². The summed E-state index contributed by atoms with van der Waals surface area (Å²) < 4.78 is 0.819. The third kappa shape index (κ3) is 5.59. The molecule has 1 aromatic carbocycles. The lowest BCUT2D eigenvalue weighted by atomic mass is 9.88. The molecule has 0 saturated carbocycles. The standard InChI is InChI=1S/C17H21BrClN3O/c1-11-3-5-13(6-4-11)12(2)21-22-17(23)10-20-16-8-7-14(19)9-15(16)18/h3,7-9,13,20-21H,2,4-6,10H2,1H3,(H,22,23)/t13-/m1/s1. The number of halogens is 2. The van der Waals surface area contributed by atoms with Crippen molar-refractivity contribution in [3.8, 4) is 0 Å². The highest BCUT2D eigenvalue weighted by Crippen LogP contribution is 2.27. The van der Waals surface area contributed by atoms with Crippen molar-refractivity contribution < 1.29 is 4.79 Å². The Morgan fingerprint density at radius 3 is 2.87 bits per heavy atom. The van der Waals surface area contributed by atoms with Gasteiger partial charge < -0.3 is 10.7 Å². The zero-order chi connectivity index (χ0) is 16.8. The average Bonchev–Trinajstić information content (AvgIpc) is 2.52. The van der Waals surface area contributed by atoms with Crippen LogP contribution in [-0.4, -0.2) is 12.5 Å². The van der Waals surface area contributed by atoms with Gasteiger partial charge in [-0.15, -0.1) is 0 Å². The van der Waals surface area contributed by atoms with Crippen LogP contribution in [0.15, 0.2) is 46.6 Å². The molecule has 0 aliphatic heterocycles. The van der Waals surface area contributed by atoms with Crippen LogP contribution in [0.5, 0.6) is 0 Å². The van der Waals surface area contributed by atoms with E-state index in [9.17, 15) is 4.79 Å². The van der Waals surface area contributed by atoms with E-state index in [1.54, 1.807) is 12.1 Å². The van der Waals surface area contributed by atoms with Gasteiger partial charge in [0, 0.05) is 26.8 Å². The number of carbonyl (C=O) groups excluding carboxylic acids is 1. The van der Waals surface area contributed by atoms with E-state index in [1.807, 2.05) is 6.07 Å². The third-order valence-electron chi connectivity index (χ3n) is 3.86. The van der Waals surface area contributed by atoms with Gasteiger partial charge in [0.25, 0.3) is 5.91 Å². The topological polar surface area (TPSA) is 53.2 Å². The second-order valence-electron chi connectivity index (χ2n) is 5.70. The van der Waals surface area contributed by atoms with Crippen LogP contribution in [0.2, 0.25) is 5.02 Å². The van der Waals surface area contributed by atoms with Crippen LogP contribution in [0.3, 0.4) is 0 Å². The Bertz CT molecular complexity index is 630. The molecule has 124 valence electrons. The first-order valence-electron chi connectivity index (χ1n) is 7.54. The van der Waals surface area contributed by atoms with Crippen molar-refractivity contribution >= 4 is 39.1 Å². The number of rotatable bonds is 6. The molecule has 2 rings (SSSR count). The number of carbonyl (C=O) groups is 1. The molecule has 0 unspecified atom stereocenters. The molecule has 1 aromatic rings. The van der Waals surface area contributed by atoms with Crippen LogP contribution >= 0.6 is 27.5 Å². The molecule has 0 saturated heterocycles. The highest BCUT2D eigenvalue weighted by Gasteiger charge is 2.16. The maximum absolute atomic E-state index is 11.9. The molecule has 0 radical (unpaired) electrons. The Hall–Kier alpha value is -1.46. The monoisotopic (exact) mass is 397 g/mol. The van der Waals surface area contributed by atoms with Crippen LogP contribution < -0.4 is 16.2 Å². The molecule has 4 nitrogen and oxygen atoms in total. The normalized spacial score (nSPS) is 17.2. The number of allylic oxidation sites excluding steroid dienone is 3. The Morgan fingerprint density at radius 1 is 1.43 bits per heavy atom. The second-order valence-corrected chi connectivity index (χ2v) is 6.99. The molecule has 0 fully saturated rings. The first-order valence-corrected chi connectivity index (χ1v) is 8.71. The third-order valence-corrected chi connectivity index (χ3v) is 4.75. The zero-order valence-electron chi connectivity index (χ0n) is 13.1. The minimum atomic E-state index is -0.157. The quantitative estimate of drug-likeness (QED) is 0.492. The van der Waals surface area contributed by atoms with Gasteiger partial charge >= 0.3 is 0 Å². The molecule has 1 aliphatic rings. The highest BCUT2D eigenvalue weighted by molar-refractivity contribution is 9.10. The number of hydrogen-bond acceptors (Lipinski definition) is 3. The molecule has 1 atom stereocenters. The van der Waals surface area contributed by atoms with Crippen LogP contribution in [0.25, 0.3) is 0 Å². The largest absolute Gasteiger partial charge is 0.375 e. The molecule has 1 amide bonds. The number of hydrogen-bond donors (Lipinski definition) is 3. The van der Waals surface area contributed by atoms with Crippen LogP contribution in [0, 0.1) is 5.92 Å². The van der Waals surface area contributed by atoms with Crippen molar-refractivity contribution in [2.45, 2.75) is 26.2 Å². The van der Waals surface area contributed by atoms with Gasteiger partial charge in [-0.3, -0.25) is 10.2 Å². The molecule has 0 aromatic heterocycles. The summed E-state index contributed by atoms with van der Waals surface area (Å²) in [6.07, 6.45) is 5.37. The number of benzene rings is 1. The number of amides is 1. The van der Waals surface area contributed by atoms with Gasteiger partial charge in [0.05, 0.1) is 6.54 Å². The van der Waals surface area contributed by atoms with E-state index in [0.29, 0.717) is 10.9 Å². The van der Waals surface area contributed by atoms with Gasteiger partial charge in [-0.05, 0) is 60.3 Å². The Kier molecular flexibility index (Phi) is 6.54. The molecule has 0 heterocycles. The van der Waals surface area contributed by atoms with Crippen LogP contribution in [0.1, 0.15) is 26.2 Å². The molecular weight excluding hydrogens is 378 g/mol. The summed E-state index contributed by atoms with van der Waals surface area (Å²) in [5, 5.41) is 3.69. The second kappa shape index (κ2) is 8.41. The average molecular weight is 399 g/mol. The van der Waals surface area contributed by atoms with Gasteiger partial charge in [-0.2, -0.15) is 0 Å². The lowest BCUT2D eigenvalue weighted by molar-refractivity contribution is -0.120. The van der Waals surface area contributed by atoms with E-state index in [4.69, 9.17) is 11.6 Å². The summed E-state index contributed by atoms with van der Waals surface area (Å²) >= 11 is 9.29. The van der Waals surface area contributed by atoms with E-state index in [-0.39, 0.29) is 12.5 Å². The highest BCUT2D eigenvalue weighted by atomic mass is 79.9. The maximum Gasteiger partial charge on any atom is 0.257 e. The predicted octanol–water partition coefficient (Wildman–Crippen LogP) is 4.40. The smallest absolute Gasteiger partial charge is 0.257 e. The first-order chi connectivity index (χ1) is 11.0. The Labute approximate surface area is 150 Å². The number of anilines is 1. The fourth-order valence-electron chi connectivity index (χ4n) is 2.39. The Morgan fingerprint density at radius 2 is 2.22 bits per heavy atom. The van der Waals surface area contributed by atoms with Crippen molar-refractivity contribution in [1.82, 2.24) is 10.9 Å². The van der Waals surface area contributed by atoms with E-state index in [2.05, 4.69) is 51.7 Å². The summed E-state index contributed by atoms with van der Waals surface area (Å²) in [6, 6.07) is 5.37. The summed E-state index contributed by atoms with van der Waals surface area (Å²) in [4.78, 5) is 11.9. The van der Waals surface area contributed by atoms with Crippen molar-refractivity contribution in [1.29, 1.82) is 0 Å². The summed E-state index contributed by atoms with van der Waals surface area (Å²) in [6.45, 7) is 6.32. The van der Waals surface area contributed by atoms with Crippen molar-refractivity contribution in [3.63, 3.8) is 0 Å². The van der Waals surface area contributed by atoms with Gasteiger partial charge in [-0.25, -0.2) is 0 Å². The first kappa shape index (κ1) is 17.9. The molecule has 6 heteroatoms. The SMILES string of the molecule is C=C(NNC(=O)CNc1ccc(Cl)cc1Br)[C@@H]1CC=C(C)CC1. The maximum atomic E-state index is 11.9. The summed E-state index contributed by atoms with van der Waals surface area (Å²) in [5.74, 6) is 0.216. The van der Waals surface area contributed by atoms with Gasteiger partial charge in [0.15, 0.2) is 0 Å². The van der Waals surface area contributed by atoms with Crippen molar-refractivity contribution in [2.75, 3.05) is 11.9 Å². The summed E-state index contributed by atoms with van der Waals surface area (Å²) in [5.41, 5.74) is 8.71. The van der Waals surface area contributed by atoms with Crippen molar-refractivity contribution in [3.05, 3.63) is 51.6 Å². The van der Waals surface area contributed by atoms with Crippen molar-refractivity contribution in [2.24, 2.45) is 5.92 Å². The van der Waals surface area contributed by atoms with Gasteiger partial charge in [-0.1, -0.05) is 29.8 Å². The molecule has 1 aliphatic carbocycles. The fourth-order valence-corrected chi connectivity index (χ4v) is 3.21. The lowest BCUT2D eigenvalue weighted by Gasteiger charge is -2.23. The minimum absolute atomic E-state index is 0.157. The van der Waals surface area contributed by atoms with Gasteiger partial charge in [0.1, 0.15) is 0 Å². The van der Waals surface area contributed by atoms with E-state index in [0.717, 1.165) is 35.1 Å². The van der Waals surface area contributed by atoms with E-state index < -0.39 is 0 Å². The molecule has 0 spiro atoms. The molecule has 23 heavy (non-hydrogen) atoms. The van der Waals surface area contributed by atoms with E-state index >= 15 is 0 Å². The zero-order valence-corrected chi connectivity index (χ0v) is 15.4.